The van der Waals surface area contributed by atoms with Crippen LogP contribution in [0.2, 0.25) is 4.34 Å². The molecule has 0 radical (unpaired) electrons. The van der Waals surface area contributed by atoms with Gasteiger partial charge in [-0.25, -0.2) is 0 Å². The predicted molar refractivity (Wildman–Crippen MR) is 107 cm³/mol. The first-order chi connectivity index (χ1) is 12.2. The highest BCUT2D eigenvalue weighted by molar-refractivity contribution is 7.99. The lowest BCUT2D eigenvalue weighted by atomic mass is 10.1. The number of amides is 1. The summed E-state index contributed by atoms with van der Waals surface area (Å²) in [5.74, 6) is 1.23. The van der Waals surface area contributed by atoms with E-state index in [9.17, 15) is 4.79 Å². The second-order valence-electron chi connectivity index (χ2n) is 6.14. The van der Waals surface area contributed by atoms with Crippen molar-refractivity contribution in [2.45, 2.75) is 31.6 Å². The van der Waals surface area contributed by atoms with E-state index in [0.717, 1.165) is 28.9 Å². The molecular weight excluding hydrogens is 376 g/mol. The summed E-state index contributed by atoms with van der Waals surface area (Å²) in [4.78, 5) is 15.7. The lowest BCUT2D eigenvalue weighted by Gasteiger charge is -2.26. The number of hydrogen-bond donors (Lipinski definition) is 1. The van der Waals surface area contributed by atoms with Crippen molar-refractivity contribution in [1.82, 2.24) is 14.7 Å². The minimum atomic E-state index is 0.00299. The quantitative estimate of drug-likeness (QED) is 0.731. The van der Waals surface area contributed by atoms with Crippen molar-refractivity contribution in [2.75, 3.05) is 30.7 Å². The van der Waals surface area contributed by atoms with Crippen LogP contribution in [-0.2, 0) is 17.1 Å². The third kappa shape index (κ3) is 6.33. The van der Waals surface area contributed by atoms with Crippen molar-refractivity contribution in [3.05, 3.63) is 33.7 Å². The topological polar surface area (TPSA) is 50.2 Å². The molecule has 0 bridgehead atoms. The fourth-order valence-corrected chi connectivity index (χ4v) is 4.87. The van der Waals surface area contributed by atoms with Crippen molar-refractivity contribution in [3.8, 4) is 0 Å². The summed E-state index contributed by atoms with van der Waals surface area (Å²) >= 11 is 9.05. The molecule has 0 spiro atoms. The molecule has 8 heteroatoms. The number of likely N-dealkylation sites (tertiary alicyclic amines) is 1. The number of anilines is 1. The molecular formula is C17H23ClN4OS2. The van der Waals surface area contributed by atoms with E-state index < -0.39 is 0 Å². The molecule has 5 nitrogen and oxygen atoms in total. The Kier molecular flexibility index (Phi) is 7.22. The average Bonchev–Trinajstić information content (AvgIpc) is 3.23. The Labute approximate surface area is 161 Å². The van der Waals surface area contributed by atoms with Gasteiger partial charge in [0.15, 0.2) is 0 Å². The number of halogens is 1. The van der Waals surface area contributed by atoms with Gasteiger partial charge < -0.3 is 10.2 Å². The summed E-state index contributed by atoms with van der Waals surface area (Å²) in [7, 11) is 0. The number of aromatic nitrogens is 2. The summed E-state index contributed by atoms with van der Waals surface area (Å²) in [6.07, 6.45) is 7.58. The minimum Gasteiger partial charge on any atom is -0.323 e. The molecule has 1 saturated heterocycles. The van der Waals surface area contributed by atoms with Gasteiger partial charge in [-0.15, -0.1) is 23.1 Å². The molecule has 0 atom stereocenters. The number of carbonyl (C=O) groups is 1. The summed E-state index contributed by atoms with van der Waals surface area (Å²) in [6, 6.07) is 3.89. The smallest absolute Gasteiger partial charge is 0.234 e. The molecule has 1 aliphatic heterocycles. The van der Waals surface area contributed by atoms with Crippen molar-refractivity contribution < 1.29 is 4.79 Å². The monoisotopic (exact) mass is 398 g/mol. The number of nitrogens with one attached hydrogen (secondary N) is 1. The zero-order chi connectivity index (χ0) is 17.5. The first-order valence-electron chi connectivity index (χ1n) is 8.56. The standard InChI is InChI=1S/C17H23ClN4OS2/c18-16-5-4-15(25-16)12-24-13-17(23)20-14-10-19-22(11-14)9-8-21-6-2-1-3-7-21/h4-5,10-11H,1-3,6-9,12-13H2,(H,20,23). The van der Waals surface area contributed by atoms with E-state index in [0.29, 0.717) is 5.75 Å². The first-order valence-corrected chi connectivity index (χ1v) is 10.9. The fourth-order valence-electron chi connectivity index (χ4n) is 2.85. The number of thiophene rings is 1. The van der Waals surface area contributed by atoms with Crippen molar-refractivity contribution in [1.29, 1.82) is 0 Å². The van der Waals surface area contributed by atoms with Gasteiger partial charge in [-0.2, -0.15) is 5.10 Å². The molecule has 3 rings (SSSR count). The zero-order valence-corrected chi connectivity index (χ0v) is 16.5. The van der Waals surface area contributed by atoms with E-state index in [2.05, 4.69) is 15.3 Å². The van der Waals surface area contributed by atoms with Gasteiger partial charge in [0.2, 0.25) is 5.91 Å². The van der Waals surface area contributed by atoms with E-state index in [1.807, 2.05) is 23.0 Å². The van der Waals surface area contributed by atoms with Gasteiger partial charge in [-0.1, -0.05) is 18.0 Å². The van der Waals surface area contributed by atoms with E-state index in [1.165, 1.54) is 37.2 Å². The van der Waals surface area contributed by atoms with Crippen LogP contribution in [0.5, 0.6) is 0 Å². The Balaban J connectivity index is 1.36. The highest BCUT2D eigenvalue weighted by Gasteiger charge is 2.10. The normalized spacial score (nSPS) is 15.4. The molecule has 3 heterocycles. The Morgan fingerprint density at radius 3 is 2.88 bits per heavy atom. The third-order valence-electron chi connectivity index (χ3n) is 4.12. The average molecular weight is 399 g/mol. The molecule has 1 amide bonds. The van der Waals surface area contributed by atoms with Crippen LogP contribution in [0.1, 0.15) is 24.1 Å². The molecule has 1 aliphatic rings. The highest BCUT2D eigenvalue weighted by Crippen LogP contribution is 2.25. The van der Waals surface area contributed by atoms with Crippen molar-refractivity contribution in [3.63, 3.8) is 0 Å². The van der Waals surface area contributed by atoms with E-state index in [4.69, 9.17) is 11.6 Å². The van der Waals surface area contributed by atoms with Gasteiger partial charge in [0, 0.05) is 23.4 Å². The van der Waals surface area contributed by atoms with Gasteiger partial charge in [-0.3, -0.25) is 9.48 Å². The Bertz CT molecular complexity index is 682. The molecule has 1 N–H and O–H groups in total. The third-order valence-corrected chi connectivity index (χ3v) is 6.51. The second-order valence-corrected chi connectivity index (χ2v) is 8.93. The number of thioether (sulfide) groups is 1. The first kappa shape index (κ1) is 18.8. The zero-order valence-electron chi connectivity index (χ0n) is 14.1. The van der Waals surface area contributed by atoms with Crippen LogP contribution in [0.3, 0.4) is 0 Å². The summed E-state index contributed by atoms with van der Waals surface area (Å²) in [5, 5.41) is 7.25. The summed E-state index contributed by atoms with van der Waals surface area (Å²) in [5.41, 5.74) is 0.767. The van der Waals surface area contributed by atoms with Gasteiger partial charge in [-0.05, 0) is 38.1 Å². The highest BCUT2D eigenvalue weighted by atomic mass is 35.5. The molecule has 0 unspecified atom stereocenters. The number of piperidine rings is 1. The van der Waals surface area contributed by atoms with Crippen molar-refractivity contribution in [2.24, 2.45) is 0 Å². The number of hydrogen-bond acceptors (Lipinski definition) is 5. The summed E-state index contributed by atoms with van der Waals surface area (Å²) in [6.45, 7) is 4.27. The fraction of sp³-hybridized carbons (Fsp3) is 0.529. The van der Waals surface area contributed by atoms with E-state index in [-0.39, 0.29) is 5.91 Å². The van der Waals surface area contributed by atoms with Crippen LogP contribution < -0.4 is 5.32 Å². The Hall–Kier alpha value is -1.02. The van der Waals surface area contributed by atoms with Crippen LogP contribution in [0.15, 0.2) is 24.5 Å². The number of carbonyl (C=O) groups excluding carboxylic acids is 1. The van der Waals surface area contributed by atoms with Crippen LogP contribution in [0, 0.1) is 0 Å². The molecule has 25 heavy (non-hydrogen) atoms. The van der Waals surface area contributed by atoms with E-state index in [1.54, 1.807) is 29.3 Å². The number of nitrogens with zero attached hydrogens (tertiary/aromatic N) is 3. The predicted octanol–water partition coefficient (Wildman–Crippen LogP) is 3.96. The van der Waals surface area contributed by atoms with E-state index >= 15 is 0 Å². The molecule has 2 aromatic rings. The SMILES string of the molecule is O=C(CSCc1ccc(Cl)s1)Nc1cnn(CCN2CCCCC2)c1. The van der Waals surface area contributed by atoms with Gasteiger partial charge in [0.1, 0.15) is 0 Å². The molecule has 0 aliphatic carbocycles. The number of rotatable bonds is 8. The van der Waals surface area contributed by atoms with Crippen LogP contribution in [-0.4, -0.2) is 46.0 Å². The maximum absolute atomic E-state index is 12.0. The lowest BCUT2D eigenvalue weighted by Crippen LogP contribution is -2.32. The maximum Gasteiger partial charge on any atom is 0.234 e. The Morgan fingerprint density at radius 1 is 1.28 bits per heavy atom. The summed E-state index contributed by atoms with van der Waals surface area (Å²) < 4.78 is 2.70. The van der Waals surface area contributed by atoms with Crippen molar-refractivity contribution >= 4 is 46.3 Å². The van der Waals surface area contributed by atoms with Crippen LogP contribution in [0.25, 0.3) is 0 Å². The molecule has 136 valence electrons. The molecule has 2 aromatic heterocycles. The second kappa shape index (κ2) is 9.62. The van der Waals surface area contributed by atoms with Crippen LogP contribution >= 0.6 is 34.7 Å². The van der Waals surface area contributed by atoms with Gasteiger partial charge in [0.05, 0.1) is 28.5 Å². The molecule has 1 fully saturated rings. The maximum atomic E-state index is 12.0. The van der Waals surface area contributed by atoms with Gasteiger partial charge in [0.25, 0.3) is 0 Å². The van der Waals surface area contributed by atoms with Gasteiger partial charge >= 0.3 is 0 Å². The van der Waals surface area contributed by atoms with Crippen LogP contribution in [0.4, 0.5) is 5.69 Å². The molecule has 0 aromatic carbocycles. The molecule has 0 saturated carbocycles. The Morgan fingerprint density at radius 2 is 2.12 bits per heavy atom. The minimum absolute atomic E-state index is 0.00299. The largest absolute Gasteiger partial charge is 0.323 e. The lowest BCUT2D eigenvalue weighted by molar-refractivity contribution is -0.113.